The standard InChI is InChI=1S/C19H20N4O2/c1-14(11-15-5-3-4-6-17(15)25-2)22-19(24)16-7-8-21-18(12-16)23-10-9-20-13-23/h3-10,12-14H,11H2,1-2H3,(H,22,24)/t14-/m1/s1. The third-order valence-corrected chi connectivity index (χ3v) is 3.87. The number of hydrogen-bond donors (Lipinski definition) is 1. The van der Waals surface area contributed by atoms with Crippen LogP contribution >= 0.6 is 0 Å². The zero-order valence-corrected chi connectivity index (χ0v) is 14.2. The molecule has 0 unspecified atom stereocenters. The second-order valence-corrected chi connectivity index (χ2v) is 5.76. The Morgan fingerprint density at radius 2 is 2.12 bits per heavy atom. The number of hydrogen-bond acceptors (Lipinski definition) is 4. The van der Waals surface area contributed by atoms with E-state index < -0.39 is 0 Å². The predicted molar refractivity (Wildman–Crippen MR) is 95.0 cm³/mol. The van der Waals surface area contributed by atoms with E-state index in [1.807, 2.05) is 31.2 Å². The fourth-order valence-corrected chi connectivity index (χ4v) is 2.66. The van der Waals surface area contributed by atoms with Gasteiger partial charge in [0.2, 0.25) is 0 Å². The third kappa shape index (κ3) is 4.03. The number of rotatable bonds is 6. The van der Waals surface area contributed by atoms with E-state index in [0.29, 0.717) is 17.8 Å². The highest BCUT2D eigenvalue weighted by atomic mass is 16.5. The van der Waals surface area contributed by atoms with Crippen LogP contribution in [0.5, 0.6) is 5.75 Å². The highest BCUT2D eigenvalue weighted by Crippen LogP contribution is 2.19. The van der Waals surface area contributed by atoms with E-state index >= 15 is 0 Å². The van der Waals surface area contributed by atoms with Crippen LogP contribution in [0.1, 0.15) is 22.8 Å². The largest absolute Gasteiger partial charge is 0.496 e. The Bertz CT molecular complexity index is 846. The first-order valence-electron chi connectivity index (χ1n) is 8.04. The Labute approximate surface area is 146 Å². The highest BCUT2D eigenvalue weighted by molar-refractivity contribution is 5.94. The van der Waals surface area contributed by atoms with Gasteiger partial charge < -0.3 is 10.1 Å². The van der Waals surface area contributed by atoms with Crippen molar-refractivity contribution in [2.75, 3.05) is 7.11 Å². The van der Waals surface area contributed by atoms with Crippen molar-refractivity contribution in [3.05, 3.63) is 72.4 Å². The number of para-hydroxylation sites is 1. The summed E-state index contributed by atoms with van der Waals surface area (Å²) >= 11 is 0. The number of benzene rings is 1. The van der Waals surface area contributed by atoms with Crippen molar-refractivity contribution in [2.24, 2.45) is 0 Å². The van der Waals surface area contributed by atoms with E-state index in [9.17, 15) is 4.79 Å². The number of imidazole rings is 1. The molecule has 1 N–H and O–H groups in total. The Morgan fingerprint density at radius 3 is 2.88 bits per heavy atom. The van der Waals surface area contributed by atoms with E-state index in [1.54, 1.807) is 48.7 Å². The molecule has 1 atom stereocenters. The first-order valence-corrected chi connectivity index (χ1v) is 8.04. The zero-order chi connectivity index (χ0) is 17.6. The lowest BCUT2D eigenvalue weighted by Gasteiger charge is -2.16. The molecule has 0 fully saturated rings. The summed E-state index contributed by atoms with van der Waals surface area (Å²) in [7, 11) is 1.65. The molecule has 0 aliphatic rings. The summed E-state index contributed by atoms with van der Waals surface area (Å²) in [6.07, 6.45) is 7.41. The van der Waals surface area contributed by atoms with Crippen molar-refractivity contribution in [3.63, 3.8) is 0 Å². The fourth-order valence-electron chi connectivity index (χ4n) is 2.66. The van der Waals surface area contributed by atoms with Crippen molar-refractivity contribution in [2.45, 2.75) is 19.4 Å². The number of carbonyl (C=O) groups is 1. The minimum atomic E-state index is -0.133. The lowest BCUT2D eigenvalue weighted by Crippen LogP contribution is -2.34. The quantitative estimate of drug-likeness (QED) is 0.751. The molecule has 0 spiro atoms. The maximum absolute atomic E-state index is 12.5. The van der Waals surface area contributed by atoms with Crippen LogP contribution in [0.4, 0.5) is 0 Å². The maximum atomic E-state index is 12.5. The second-order valence-electron chi connectivity index (χ2n) is 5.76. The van der Waals surface area contributed by atoms with Gasteiger partial charge in [0, 0.05) is 30.2 Å². The lowest BCUT2D eigenvalue weighted by molar-refractivity contribution is 0.0940. The van der Waals surface area contributed by atoms with Gasteiger partial charge in [0.25, 0.3) is 5.91 Å². The number of aromatic nitrogens is 3. The minimum Gasteiger partial charge on any atom is -0.496 e. The molecule has 2 aromatic heterocycles. The Hall–Kier alpha value is -3.15. The molecule has 3 aromatic rings. The van der Waals surface area contributed by atoms with Crippen molar-refractivity contribution in [1.82, 2.24) is 19.9 Å². The number of ether oxygens (including phenoxy) is 1. The monoisotopic (exact) mass is 336 g/mol. The summed E-state index contributed by atoms with van der Waals surface area (Å²) in [4.78, 5) is 20.8. The first kappa shape index (κ1) is 16.7. The molecule has 6 nitrogen and oxygen atoms in total. The molecule has 3 rings (SSSR count). The molecule has 2 heterocycles. The molecule has 0 aliphatic carbocycles. The summed E-state index contributed by atoms with van der Waals surface area (Å²) in [5.74, 6) is 1.35. The molecule has 0 saturated heterocycles. The Kier molecular flexibility index (Phi) is 5.09. The van der Waals surface area contributed by atoms with Crippen LogP contribution in [-0.4, -0.2) is 33.6 Å². The normalized spacial score (nSPS) is 11.8. The molecule has 0 aliphatic heterocycles. The maximum Gasteiger partial charge on any atom is 0.251 e. The number of nitrogens with zero attached hydrogens (tertiary/aromatic N) is 3. The van der Waals surface area contributed by atoms with Crippen LogP contribution < -0.4 is 10.1 Å². The smallest absolute Gasteiger partial charge is 0.251 e. The summed E-state index contributed by atoms with van der Waals surface area (Å²) in [6.45, 7) is 1.97. The topological polar surface area (TPSA) is 69.0 Å². The molecule has 0 radical (unpaired) electrons. The molecule has 128 valence electrons. The van der Waals surface area contributed by atoms with Crippen LogP contribution in [0.25, 0.3) is 5.82 Å². The van der Waals surface area contributed by atoms with Crippen molar-refractivity contribution < 1.29 is 9.53 Å². The van der Waals surface area contributed by atoms with Gasteiger partial charge in [-0.15, -0.1) is 0 Å². The van der Waals surface area contributed by atoms with E-state index in [4.69, 9.17) is 4.74 Å². The van der Waals surface area contributed by atoms with Gasteiger partial charge in [0.15, 0.2) is 0 Å². The Morgan fingerprint density at radius 1 is 1.28 bits per heavy atom. The molecule has 25 heavy (non-hydrogen) atoms. The van der Waals surface area contributed by atoms with Crippen LogP contribution in [0.2, 0.25) is 0 Å². The third-order valence-electron chi connectivity index (χ3n) is 3.87. The average Bonchev–Trinajstić information content (AvgIpc) is 3.17. The molecular formula is C19H20N4O2. The van der Waals surface area contributed by atoms with Gasteiger partial charge in [-0.25, -0.2) is 9.97 Å². The van der Waals surface area contributed by atoms with Gasteiger partial charge in [0.1, 0.15) is 17.9 Å². The minimum absolute atomic E-state index is 0.0336. The van der Waals surface area contributed by atoms with Crippen molar-refractivity contribution >= 4 is 5.91 Å². The summed E-state index contributed by atoms with van der Waals surface area (Å²) < 4.78 is 7.12. The summed E-state index contributed by atoms with van der Waals surface area (Å²) in [5.41, 5.74) is 1.62. The Balaban J connectivity index is 1.68. The van der Waals surface area contributed by atoms with Gasteiger partial charge in [0.05, 0.1) is 7.11 Å². The SMILES string of the molecule is COc1ccccc1C[C@@H](C)NC(=O)c1ccnc(-n2ccnc2)c1. The molecule has 6 heteroatoms. The number of carbonyl (C=O) groups excluding carboxylic acids is 1. The lowest BCUT2D eigenvalue weighted by atomic mass is 10.1. The number of nitrogens with one attached hydrogen (secondary N) is 1. The van der Waals surface area contributed by atoms with Crippen molar-refractivity contribution in [3.8, 4) is 11.6 Å². The van der Waals surface area contributed by atoms with Crippen LogP contribution in [0.3, 0.4) is 0 Å². The second kappa shape index (κ2) is 7.61. The molecule has 1 amide bonds. The number of pyridine rings is 1. The molecule has 1 aromatic carbocycles. The zero-order valence-electron chi connectivity index (χ0n) is 14.2. The average molecular weight is 336 g/mol. The highest BCUT2D eigenvalue weighted by Gasteiger charge is 2.13. The fraction of sp³-hybridized carbons (Fsp3) is 0.211. The van der Waals surface area contributed by atoms with Gasteiger partial charge in [-0.1, -0.05) is 18.2 Å². The van der Waals surface area contributed by atoms with Gasteiger partial charge in [-0.2, -0.15) is 0 Å². The first-order chi connectivity index (χ1) is 12.2. The van der Waals surface area contributed by atoms with Crippen molar-refractivity contribution in [1.29, 1.82) is 0 Å². The van der Waals surface area contributed by atoms with Crippen LogP contribution in [-0.2, 0) is 6.42 Å². The van der Waals surface area contributed by atoms with Gasteiger partial charge >= 0.3 is 0 Å². The molecular weight excluding hydrogens is 316 g/mol. The van der Waals surface area contributed by atoms with Gasteiger partial charge in [-0.3, -0.25) is 9.36 Å². The predicted octanol–water partition coefficient (Wildman–Crippen LogP) is 2.64. The summed E-state index contributed by atoms with van der Waals surface area (Å²) in [6, 6.07) is 11.2. The van der Waals surface area contributed by atoms with Crippen LogP contribution in [0.15, 0.2) is 61.3 Å². The van der Waals surface area contributed by atoms with E-state index in [0.717, 1.165) is 11.3 Å². The number of methoxy groups -OCH3 is 1. The van der Waals surface area contributed by atoms with E-state index in [-0.39, 0.29) is 11.9 Å². The van der Waals surface area contributed by atoms with E-state index in [1.165, 1.54) is 0 Å². The summed E-state index contributed by atoms with van der Waals surface area (Å²) in [5, 5.41) is 3.02. The number of amides is 1. The van der Waals surface area contributed by atoms with E-state index in [2.05, 4.69) is 15.3 Å². The van der Waals surface area contributed by atoms with Gasteiger partial charge in [-0.05, 0) is 37.1 Å². The van der Waals surface area contributed by atoms with Crippen LogP contribution in [0, 0.1) is 0 Å². The molecule has 0 bridgehead atoms. The molecule has 0 saturated carbocycles.